The van der Waals surface area contributed by atoms with Crippen molar-refractivity contribution in [3.05, 3.63) is 35.6 Å². The molecule has 1 saturated heterocycles. The molecule has 0 unspecified atom stereocenters. The Morgan fingerprint density at radius 1 is 1.35 bits per heavy atom. The first kappa shape index (κ1) is 15.5. The summed E-state index contributed by atoms with van der Waals surface area (Å²) in [5.74, 6) is 1.04. The third-order valence-corrected chi connectivity index (χ3v) is 4.23. The Morgan fingerprint density at radius 3 is 2.74 bits per heavy atom. The molecule has 0 aromatic carbocycles. The molecular weight excluding hydrogens is 296 g/mol. The minimum Gasteiger partial charge on any atom is -0.445 e. The normalized spacial score (nSPS) is 18.2. The van der Waals surface area contributed by atoms with E-state index in [0.29, 0.717) is 36.3 Å². The largest absolute Gasteiger partial charge is 0.445 e. The van der Waals surface area contributed by atoms with Gasteiger partial charge in [0.1, 0.15) is 5.76 Å². The van der Waals surface area contributed by atoms with Gasteiger partial charge in [-0.2, -0.15) is 0 Å². The van der Waals surface area contributed by atoms with E-state index in [9.17, 15) is 9.59 Å². The average molecular weight is 316 g/mol. The standard InChI is InChI=1S/C16H20N4O3/c1-10-13(18-11(2)23-10)16(22)20-7-4-5-12(9-20)14(21)15-17-6-8-19(15)3/h6,8,12H,4-5,7,9H2,1-3H3/t12-/m0/s1. The Bertz CT molecular complexity index is 746. The molecule has 23 heavy (non-hydrogen) atoms. The highest BCUT2D eigenvalue weighted by Crippen LogP contribution is 2.22. The molecule has 3 rings (SSSR count). The number of nitrogens with zero attached hydrogens (tertiary/aromatic N) is 4. The second kappa shape index (κ2) is 5.98. The maximum atomic E-state index is 12.6. The van der Waals surface area contributed by atoms with Crippen LogP contribution in [0.4, 0.5) is 0 Å². The van der Waals surface area contributed by atoms with E-state index < -0.39 is 0 Å². The van der Waals surface area contributed by atoms with Gasteiger partial charge in [-0.05, 0) is 19.8 Å². The Kier molecular flexibility index (Phi) is 4.02. The molecule has 2 aromatic heterocycles. The zero-order valence-corrected chi connectivity index (χ0v) is 13.6. The van der Waals surface area contributed by atoms with Crippen LogP contribution in [0.25, 0.3) is 0 Å². The van der Waals surface area contributed by atoms with Crippen molar-refractivity contribution in [1.29, 1.82) is 0 Å². The number of ketones is 1. The minimum atomic E-state index is -0.220. The van der Waals surface area contributed by atoms with E-state index in [1.807, 2.05) is 0 Å². The summed E-state index contributed by atoms with van der Waals surface area (Å²) in [6.07, 6.45) is 4.93. The first-order valence-electron chi connectivity index (χ1n) is 7.72. The van der Waals surface area contributed by atoms with Gasteiger partial charge in [-0.3, -0.25) is 9.59 Å². The number of amides is 1. The van der Waals surface area contributed by atoms with Crippen molar-refractivity contribution in [3.63, 3.8) is 0 Å². The van der Waals surface area contributed by atoms with Crippen molar-refractivity contribution in [3.8, 4) is 0 Å². The molecule has 1 aliphatic heterocycles. The van der Waals surface area contributed by atoms with Crippen LogP contribution in [-0.4, -0.2) is 44.2 Å². The van der Waals surface area contributed by atoms with E-state index in [0.717, 1.165) is 12.8 Å². The highest BCUT2D eigenvalue weighted by molar-refractivity contribution is 5.97. The van der Waals surface area contributed by atoms with Crippen LogP contribution >= 0.6 is 0 Å². The molecule has 1 amide bonds. The molecule has 3 heterocycles. The van der Waals surface area contributed by atoms with Crippen molar-refractivity contribution < 1.29 is 14.0 Å². The maximum Gasteiger partial charge on any atom is 0.276 e. The highest BCUT2D eigenvalue weighted by atomic mass is 16.4. The molecule has 7 nitrogen and oxygen atoms in total. The molecule has 122 valence electrons. The summed E-state index contributed by atoms with van der Waals surface area (Å²) in [5.41, 5.74) is 0.340. The van der Waals surface area contributed by atoms with Gasteiger partial charge in [-0.1, -0.05) is 0 Å². The topological polar surface area (TPSA) is 81.2 Å². The monoisotopic (exact) mass is 316 g/mol. The summed E-state index contributed by atoms with van der Waals surface area (Å²) in [4.78, 5) is 35.2. The number of Topliss-reactive ketones (excluding diaryl/α,β-unsaturated/α-hetero) is 1. The van der Waals surface area contributed by atoms with Crippen molar-refractivity contribution in [1.82, 2.24) is 19.4 Å². The molecule has 1 atom stereocenters. The first-order chi connectivity index (χ1) is 11.0. The summed E-state index contributed by atoms with van der Waals surface area (Å²) < 4.78 is 7.05. The number of hydrogen-bond donors (Lipinski definition) is 0. The fourth-order valence-corrected chi connectivity index (χ4v) is 3.04. The lowest BCUT2D eigenvalue weighted by atomic mass is 9.93. The second-order valence-corrected chi connectivity index (χ2v) is 5.95. The summed E-state index contributed by atoms with van der Waals surface area (Å²) in [6.45, 7) is 4.48. The zero-order valence-electron chi connectivity index (χ0n) is 13.6. The number of hydrogen-bond acceptors (Lipinski definition) is 5. The lowest BCUT2D eigenvalue weighted by molar-refractivity contribution is 0.0627. The van der Waals surface area contributed by atoms with Gasteiger partial charge in [0.25, 0.3) is 5.91 Å². The molecule has 1 fully saturated rings. The molecule has 0 aliphatic carbocycles. The number of oxazole rings is 1. The van der Waals surface area contributed by atoms with Gasteiger partial charge in [-0.25, -0.2) is 9.97 Å². The number of carbonyl (C=O) groups is 2. The van der Waals surface area contributed by atoms with Crippen LogP contribution in [0.3, 0.4) is 0 Å². The summed E-state index contributed by atoms with van der Waals surface area (Å²) >= 11 is 0. The molecule has 0 N–H and O–H groups in total. The van der Waals surface area contributed by atoms with Crippen molar-refractivity contribution in [2.75, 3.05) is 13.1 Å². The number of likely N-dealkylation sites (tertiary alicyclic amines) is 1. The Hall–Kier alpha value is -2.44. The fourth-order valence-electron chi connectivity index (χ4n) is 3.04. The van der Waals surface area contributed by atoms with Crippen molar-refractivity contribution in [2.24, 2.45) is 13.0 Å². The molecular formula is C16H20N4O3. The third-order valence-electron chi connectivity index (χ3n) is 4.23. The lowest BCUT2D eigenvalue weighted by Crippen LogP contribution is -2.43. The van der Waals surface area contributed by atoms with Gasteiger partial charge >= 0.3 is 0 Å². The van der Waals surface area contributed by atoms with Gasteiger partial charge < -0.3 is 13.9 Å². The van der Waals surface area contributed by atoms with Crippen LogP contribution in [0.15, 0.2) is 16.8 Å². The van der Waals surface area contributed by atoms with Crippen LogP contribution in [0.1, 0.15) is 45.6 Å². The van der Waals surface area contributed by atoms with Gasteiger partial charge in [0.2, 0.25) is 5.78 Å². The minimum absolute atomic E-state index is 0.0111. The predicted octanol–water partition coefficient (Wildman–Crippen LogP) is 1.76. The maximum absolute atomic E-state index is 12.6. The molecule has 1 aliphatic rings. The Labute approximate surface area is 134 Å². The number of aromatic nitrogens is 3. The SMILES string of the molecule is Cc1nc(C(=O)N2CCC[C@H](C(=O)c3nccn3C)C2)c(C)o1. The molecule has 0 bridgehead atoms. The van der Waals surface area contributed by atoms with E-state index in [-0.39, 0.29) is 17.6 Å². The summed E-state index contributed by atoms with van der Waals surface area (Å²) in [7, 11) is 1.80. The van der Waals surface area contributed by atoms with Crippen LogP contribution in [-0.2, 0) is 7.05 Å². The van der Waals surface area contributed by atoms with Crippen LogP contribution in [0.5, 0.6) is 0 Å². The number of imidazole rings is 1. The smallest absolute Gasteiger partial charge is 0.276 e. The van der Waals surface area contributed by atoms with Crippen LogP contribution < -0.4 is 0 Å². The number of rotatable bonds is 3. The van der Waals surface area contributed by atoms with Gasteiger partial charge in [-0.15, -0.1) is 0 Å². The fraction of sp³-hybridized carbons (Fsp3) is 0.500. The van der Waals surface area contributed by atoms with Crippen LogP contribution in [0.2, 0.25) is 0 Å². The predicted molar refractivity (Wildman–Crippen MR) is 82.1 cm³/mol. The quantitative estimate of drug-likeness (QED) is 0.806. The number of piperidine rings is 1. The van der Waals surface area contributed by atoms with E-state index in [4.69, 9.17) is 4.42 Å². The molecule has 0 radical (unpaired) electrons. The van der Waals surface area contributed by atoms with Gasteiger partial charge in [0, 0.05) is 45.4 Å². The molecule has 7 heteroatoms. The number of aryl methyl sites for hydroxylation is 3. The van der Waals surface area contributed by atoms with Gasteiger partial charge in [0.15, 0.2) is 17.4 Å². The summed E-state index contributed by atoms with van der Waals surface area (Å²) in [5, 5.41) is 0. The summed E-state index contributed by atoms with van der Waals surface area (Å²) in [6, 6.07) is 0. The third kappa shape index (κ3) is 2.91. The average Bonchev–Trinajstić information content (AvgIpc) is 3.11. The molecule has 0 saturated carbocycles. The molecule has 2 aromatic rings. The van der Waals surface area contributed by atoms with Crippen molar-refractivity contribution >= 4 is 11.7 Å². The number of carbonyl (C=O) groups excluding carboxylic acids is 2. The van der Waals surface area contributed by atoms with Gasteiger partial charge in [0.05, 0.1) is 0 Å². The van der Waals surface area contributed by atoms with E-state index in [1.165, 1.54) is 0 Å². The lowest BCUT2D eigenvalue weighted by Gasteiger charge is -2.31. The van der Waals surface area contributed by atoms with E-state index in [1.54, 1.807) is 42.8 Å². The Morgan fingerprint density at radius 2 is 2.13 bits per heavy atom. The van der Waals surface area contributed by atoms with Crippen molar-refractivity contribution in [2.45, 2.75) is 26.7 Å². The van der Waals surface area contributed by atoms with E-state index >= 15 is 0 Å². The van der Waals surface area contributed by atoms with Crippen LogP contribution in [0, 0.1) is 19.8 Å². The second-order valence-electron chi connectivity index (χ2n) is 5.95. The first-order valence-corrected chi connectivity index (χ1v) is 7.72. The Balaban J connectivity index is 1.76. The molecule has 0 spiro atoms. The zero-order chi connectivity index (χ0) is 16.6. The highest BCUT2D eigenvalue weighted by Gasteiger charge is 2.32. The van der Waals surface area contributed by atoms with E-state index in [2.05, 4.69) is 9.97 Å².